The summed E-state index contributed by atoms with van der Waals surface area (Å²) in [6.07, 6.45) is 8.00. The normalized spacial score (nSPS) is 12.1. The number of aryl methyl sites for hydroxylation is 2. The Hall–Kier alpha value is -2.60. The molecule has 0 aliphatic heterocycles. The van der Waals surface area contributed by atoms with E-state index in [0.29, 0.717) is 0 Å². The van der Waals surface area contributed by atoms with Gasteiger partial charge in [0.25, 0.3) is 0 Å². The van der Waals surface area contributed by atoms with Crippen LogP contribution < -0.4 is 0 Å². The van der Waals surface area contributed by atoms with Crippen molar-refractivity contribution in [1.29, 1.82) is 0 Å². The summed E-state index contributed by atoms with van der Waals surface area (Å²) < 4.78 is 0. The lowest BCUT2D eigenvalue weighted by molar-refractivity contribution is 1.45. The number of hydrogen-bond donors (Lipinski definition) is 0. The van der Waals surface area contributed by atoms with Crippen LogP contribution in [0.3, 0.4) is 0 Å². The van der Waals surface area contributed by atoms with E-state index in [2.05, 4.69) is 87.7 Å². The summed E-state index contributed by atoms with van der Waals surface area (Å²) in [4.78, 5) is 0. The fourth-order valence-electron chi connectivity index (χ4n) is 2.20. The molecule has 22 heavy (non-hydrogen) atoms. The summed E-state index contributed by atoms with van der Waals surface area (Å²) in [6, 6.07) is 16.9. The van der Waals surface area contributed by atoms with Crippen molar-refractivity contribution in [3.63, 3.8) is 0 Å². The van der Waals surface area contributed by atoms with Gasteiger partial charge in [-0.2, -0.15) is 0 Å². The predicted molar refractivity (Wildman–Crippen MR) is 98.7 cm³/mol. The maximum atomic E-state index is 3.94. The third-order valence-electron chi connectivity index (χ3n) is 3.57. The monoisotopic (exact) mass is 286 g/mol. The Kier molecular flexibility index (Phi) is 5.32. The van der Waals surface area contributed by atoms with Gasteiger partial charge in [0.1, 0.15) is 0 Å². The van der Waals surface area contributed by atoms with E-state index >= 15 is 0 Å². The highest BCUT2D eigenvalue weighted by atomic mass is 14.0. The van der Waals surface area contributed by atoms with Crippen LogP contribution in [0, 0.1) is 13.8 Å². The Morgan fingerprint density at radius 3 is 1.82 bits per heavy atom. The summed E-state index contributed by atoms with van der Waals surface area (Å²) in [6.45, 7) is 12.0. The Balaban J connectivity index is 2.36. The molecule has 0 heteroatoms. The second kappa shape index (κ2) is 7.42. The van der Waals surface area contributed by atoms with Crippen molar-refractivity contribution in [2.45, 2.75) is 13.8 Å². The highest BCUT2D eigenvalue weighted by molar-refractivity contribution is 5.78. The Morgan fingerprint density at radius 1 is 0.773 bits per heavy atom. The van der Waals surface area contributed by atoms with E-state index in [0.717, 1.165) is 16.7 Å². The topological polar surface area (TPSA) is 0 Å². The van der Waals surface area contributed by atoms with E-state index in [9.17, 15) is 0 Å². The molecule has 0 unspecified atom stereocenters. The molecule has 2 aromatic rings. The van der Waals surface area contributed by atoms with Gasteiger partial charge in [-0.3, -0.25) is 0 Å². The molecule has 0 radical (unpaired) electrons. The van der Waals surface area contributed by atoms with E-state index in [4.69, 9.17) is 0 Å². The van der Waals surface area contributed by atoms with Crippen LogP contribution in [0.1, 0.15) is 22.3 Å². The fourth-order valence-corrected chi connectivity index (χ4v) is 2.20. The Labute approximate surface area is 133 Å². The minimum absolute atomic E-state index is 1.07. The van der Waals surface area contributed by atoms with Crippen LogP contribution >= 0.6 is 0 Å². The smallest absolute Gasteiger partial charge is 0.0184 e. The number of hydrogen-bond acceptors (Lipinski definition) is 0. The molecular formula is C22H22. The van der Waals surface area contributed by atoms with Crippen LogP contribution in [0.5, 0.6) is 0 Å². The molecule has 0 nitrogen and oxygen atoms in total. The van der Waals surface area contributed by atoms with Crippen molar-refractivity contribution in [2.75, 3.05) is 0 Å². The minimum Gasteiger partial charge on any atom is -0.0985 e. The first-order valence-electron chi connectivity index (χ1n) is 7.44. The van der Waals surface area contributed by atoms with Crippen LogP contribution in [0.4, 0.5) is 0 Å². The van der Waals surface area contributed by atoms with Crippen molar-refractivity contribution in [2.24, 2.45) is 0 Å². The number of rotatable bonds is 5. The molecule has 0 bridgehead atoms. The third-order valence-corrected chi connectivity index (χ3v) is 3.57. The molecule has 0 spiro atoms. The van der Waals surface area contributed by atoms with E-state index in [-0.39, 0.29) is 0 Å². The second-order valence-corrected chi connectivity index (χ2v) is 5.43. The zero-order valence-corrected chi connectivity index (χ0v) is 13.3. The lowest BCUT2D eigenvalue weighted by atomic mass is 10.0. The maximum Gasteiger partial charge on any atom is -0.0184 e. The van der Waals surface area contributed by atoms with Gasteiger partial charge in [0.2, 0.25) is 0 Å². The van der Waals surface area contributed by atoms with Gasteiger partial charge >= 0.3 is 0 Å². The SMILES string of the molecule is C=CC(=C\c1ccc(C)cc1)/C=C(\C=C)c1ccc(C)cc1. The van der Waals surface area contributed by atoms with Gasteiger partial charge < -0.3 is 0 Å². The van der Waals surface area contributed by atoms with Crippen LogP contribution in [-0.2, 0) is 0 Å². The summed E-state index contributed by atoms with van der Waals surface area (Å²) >= 11 is 0. The average Bonchev–Trinajstić information content (AvgIpc) is 2.54. The first kappa shape index (κ1) is 15.8. The Bertz CT molecular complexity index is 708. The molecule has 2 rings (SSSR count). The lowest BCUT2D eigenvalue weighted by Crippen LogP contribution is -1.83. The van der Waals surface area contributed by atoms with Gasteiger partial charge in [-0.25, -0.2) is 0 Å². The molecule has 0 heterocycles. The number of allylic oxidation sites excluding steroid dienone is 5. The van der Waals surface area contributed by atoms with Crippen molar-refractivity contribution < 1.29 is 0 Å². The van der Waals surface area contributed by atoms with Crippen molar-refractivity contribution in [3.8, 4) is 0 Å². The summed E-state index contributed by atoms with van der Waals surface area (Å²) in [5.41, 5.74) is 7.02. The van der Waals surface area contributed by atoms with Gasteiger partial charge in [0.05, 0.1) is 0 Å². The highest BCUT2D eigenvalue weighted by Gasteiger charge is 1.99. The standard InChI is InChI=1S/C22H22/c1-5-19(15-20-11-7-17(3)8-12-20)16-21(6-2)22-13-9-18(4)10-14-22/h5-16H,1-2H2,3-4H3/b19-15+,21-16+. The van der Waals surface area contributed by atoms with Crippen molar-refractivity contribution in [3.05, 3.63) is 108 Å². The molecular weight excluding hydrogens is 264 g/mol. The highest BCUT2D eigenvalue weighted by Crippen LogP contribution is 2.20. The second-order valence-electron chi connectivity index (χ2n) is 5.43. The van der Waals surface area contributed by atoms with E-state index in [1.807, 2.05) is 12.2 Å². The molecule has 0 aromatic heterocycles. The fraction of sp³-hybridized carbons (Fsp3) is 0.0909. The molecule has 110 valence electrons. The first-order chi connectivity index (χ1) is 10.6. The van der Waals surface area contributed by atoms with Gasteiger partial charge in [-0.15, -0.1) is 0 Å². The molecule has 0 amide bonds. The van der Waals surface area contributed by atoms with Gasteiger partial charge in [-0.05, 0) is 48.3 Å². The van der Waals surface area contributed by atoms with Gasteiger partial charge in [-0.1, -0.05) is 85.0 Å². The molecule has 0 saturated heterocycles. The average molecular weight is 286 g/mol. The quantitative estimate of drug-likeness (QED) is 0.579. The molecule has 0 atom stereocenters. The van der Waals surface area contributed by atoms with E-state index in [1.165, 1.54) is 16.7 Å². The van der Waals surface area contributed by atoms with Crippen LogP contribution in [-0.4, -0.2) is 0 Å². The van der Waals surface area contributed by atoms with Crippen LogP contribution in [0.2, 0.25) is 0 Å². The predicted octanol–water partition coefficient (Wildman–Crippen LogP) is 6.14. The minimum atomic E-state index is 1.07. The summed E-state index contributed by atoms with van der Waals surface area (Å²) in [5, 5.41) is 0. The maximum absolute atomic E-state index is 3.94. The van der Waals surface area contributed by atoms with E-state index < -0.39 is 0 Å². The lowest BCUT2D eigenvalue weighted by Gasteiger charge is -2.05. The third kappa shape index (κ3) is 4.20. The zero-order valence-electron chi connectivity index (χ0n) is 13.3. The molecule has 0 aliphatic carbocycles. The van der Waals surface area contributed by atoms with Gasteiger partial charge in [0.15, 0.2) is 0 Å². The molecule has 0 aliphatic rings. The number of benzene rings is 2. The van der Waals surface area contributed by atoms with Gasteiger partial charge in [0, 0.05) is 0 Å². The summed E-state index contributed by atoms with van der Waals surface area (Å²) in [7, 11) is 0. The summed E-state index contributed by atoms with van der Waals surface area (Å²) in [5.74, 6) is 0. The van der Waals surface area contributed by atoms with E-state index in [1.54, 1.807) is 0 Å². The zero-order chi connectivity index (χ0) is 15.9. The molecule has 0 saturated carbocycles. The molecule has 0 fully saturated rings. The Morgan fingerprint density at radius 2 is 1.32 bits per heavy atom. The van der Waals surface area contributed by atoms with Crippen LogP contribution in [0.15, 0.2) is 85.5 Å². The van der Waals surface area contributed by atoms with Crippen molar-refractivity contribution >= 4 is 11.6 Å². The molecule has 2 aromatic carbocycles. The molecule has 0 N–H and O–H groups in total. The van der Waals surface area contributed by atoms with Crippen LogP contribution in [0.25, 0.3) is 11.6 Å². The van der Waals surface area contributed by atoms with Crippen molar-refractivity contribution in [1.82, 2.24) is 0 Å². The first-order valence-corrected chi connectivity index (χ1v) is 7.44. The largest absolute Gasteiger partial charge is 0.0985 e.